The van der Waals surface area contributed by atoms with E-state index in [9.17, 15) is 35.9 Å². The van der Waals surface area contributed by atoms with Crippen LogP contribution in [0.4, 0.5) is 36.8 Å². The molecule has 0 aliphatic rings. The fourth-order valence-electron chi connectivity index (χ4n) is 2.82. The van der Waals surface area contributed by atoms with Gasteiger partial charge in [-0.3, -0.25) is 14.9 Å². The minimum atomic E-state index is -4.85. The predicted molar refractivity (Wildman–Crippen MR) is 115 cm³/mol. The Morgan fingerprint density at radius 3 is 2.17 bits per heavy atom. The van der Waals surface area contributed by atoms with Crippen LogP contribution in [0, 0.1) is 0 Å². The number of nitrogens with two attached hydrogens (primary N) is 1. The Labute approximate surface area is 198 Å². The highest BCUT2D eigenvalue weighted by Gasteiger charge is 2.31. The number of benzene rings is 2. The average Bonchev–Trinajstić information content (AvgIpc) is 2.79. The number of pyridine rings is 1. The van der Waals surface area contributed by atoms with Gasteiger partial charge in [-0.25, -0.2) is 4.79 Å². The monoisotopic (exact) mass is 514 g/mol. The molecule has 0 bridgehead atoms. The highest BCUT2D eigenvalue weighted by molar-refractivity contribution is 5.97. The summed E-state index contributed by atoms with van der Waals surface area (Å²) < 4.78 is 79.8. The van der Waals surface area contributed by atoms with Crippen LogP contribution in [0.25, 0.3) is 0 Å². The van der Waals surface area contributed by atoms with Gasteiger partial charge in [-0.15, -0.1) is 13.2 Å². The van der Waals surface area contributed by atoms with E-state index in [1.54, 1.807) is 0 Å². The molecular weight excluding hydrogens is 498 g/mol. The third kappa shape index (κ3) is 7.51. The molecule has 3 rings (SSSR count). The number of aromatic nitrogens is 1. The normalized spacial score (nSPS) is 12.2. The van der Waals surface area contributed by atoms with E-state index < -0.39 is 35.5 Å². The second-order valence-electron chi connectivity index (χ2n) is 7.13. The van der Waals surface area contributed by atoms with E-state index in [0.717, 1.165) is 41.1 Å². The topological polar surface area (TPSA) is 108 Å². The first-order valence-corrected chi connectivity index (χ1v) is 9.84. The summed E-state index contributed by atoms with van der Waals surface area (Å²) in [4.78, 5) is 28.3. The first-order chi connectivity index (χ1) is 16.8. The third-order valence-corrected chi connectivity index (χ3v) is 4.47. The van der Waals surface area contributed by atoms with Crippen LogP contribution in [0.15, 0.2) is 76.8 Å². The van der Waals surface area contributed by atoms with Crippen molar-refractivity contribution >= 4 is 17.6 Å². The number of halogens is 6. The van der Waals surface area contributed by atoms with Crippen LogP contribution in [0.3, 0.4) is 0 Å². The number of nitrogens with zero attached hydrogens (tertiary/aromatic N) is 2. The molecule has 0 saturated heterocycles. The molecule has 0 atom stereocenters. The smallest absolute Gasteiger partial charge is 0.406 e. The largest absolute Gasteiger partial charge is 0.573 e. The summed E-state index contributed by atoms with van der Waals surface area (Å²) in [6.45, 7) is -0.133. The summed E-state index contributed by atoms with van der Waals surface area (Å²) >= 11 is 0. The Kier molecular flexibility index (Phi) is 7.56. The molecule has 14 heteroatoms. The number of rotatable bonds is 6. The lowest BCUT2D eigenvalue weighted by Crippen LogP contribution is -2.22. The van der Waals surface area contributed by atoms with E-state index >= 15 is 0 Å². The second kappa shape index (κ2) is 10.4. The van der Waals surface area contributed by atoms with Gasteiger partial charge < -0.3 is 15.0 Å². The Morgan fingerprint density at radius 1 is 0.944 bits per heavy atom. The van der Waals surface area contributed by atoms with Crippen LogP contribution < -0.4 is 21.3 Å². The van der Waals surface area contributed by atoms with Crippen molar-refractivity contribution in [1.82, 2.24) is 4.57 Å². The Morgan fingerprint density at radius 2 is 1.58 bits per heavy atom. The second-order valence-corrected chi connectivity index (χ2v) is 7.13. The molecule has 1 amide bonds. The van der Waals surface area contributed by atoms with Crippen molar-refractivity contribution < 1.29 is 40.7 Å². The summed E-state index contributed by atoms with van der Waals surface area (Å²) in [6.07, 6.45) is -9.81. The molecule has 0 spiro atoms. The zero-order valence-corrected chi connectivity index (χ0v) is 17.9. The Hall–Kier alpha value is -4.49. The molecule has 0 aliphatic heterocycles. The van der Waals surface area contributed by atoms with Gasteiger partial charge in [-0.1, -0.05) is 29.4 Å². The number of hydrogen-bond acceptors (Lipinski definition) is 5. The van der Waals surface area contributed by atoms with E-state index in [2.05, 4.69) is 20.0 Å². The van der Waals surface area contributed by atoms with Crippen molar-refractivity contribution in [3.8, 4) is 5.75 Å². The van der Waals surface area contributed by atoms with Gasteiger partial charge in [0.2, 0.25) is 0 Å². The summed E-state index contributed by atoms with van der Waals surface area (Å²) in [6, 6.07) is 11.7. The number of carbonyl (C=O) groups is 1. The van der Waals surface area contributed by atoms with Crippen molar-refractivity contribution in [3.05, 3.63) is 93.9 Å². The van der Waals surface area contributed by atoms with Gasteiger partial charge in [-0.05, 0) is 35.9 Å². The number of amidine groups is 1. The van der Waals surface area contributed by atoms with Gasteiger partial charge in [0.05, 0.1) is 12.1 Å². The van der Waals surface area contributed by atoms with E-state index in [4.69, 9.17) is 5.73 Å². The number of carbonyl (C=O) groups excluding carboxylic acids is 1. The third-order valence-electron chi connectivity index (χ3n) is 4.47. The zero-order chi connectivity index (χ0) is 26.5. The Bertz CT molecular complexity index is 1300. The minimum Gasteiger partial charge on any atom is -0.406 e. The van der Waals surface area contributed by atoms with E-state index in [0.29, 0.717) is 17.2 Å². The molecule has 3 aromatic rings. The van der Waals surface area contributed by atoms with Gasteiger partial charge in [-0.2, -0.15) is 13.2 Å². The van der Waals surface area contributed by atoms with E-state index in [-0.39, 0.29) is 18.1 Å². The quantitative estimate of drug-likeness (QED) is 0.163. The molecule has 36 heavy (non-hydrogen) atoms. The van der Waals surface area contributed by atoms with Crippen molar-refractivity contribution in [3.63, 3.8) is 0 Å². The van der Waals surface area contributed by atoms with Crippen molar-refractivity contribution in [2.24, 2.45) is 10.9 Å². The van der Waals surface area contributed by atoms with Gasteiger partial charge >= 0.3 is 18.6 Å². The summed E-state index contributed by atoms with van der Waals surface area (Å²) in [5.41, 5.74) is 5.06. The van der Waals surface area contributed by atoms with Crippen molar-refractivity contribution in [2.45, 2.75) is 19.1 Å². The van der Waals surface area contributed by atoms with Gasteiger partial charge in [0.1, 0.15) is 5.75 Å². The summed E-state index contributed by atoms with van der Waals surface area (Å²) in [5, 5.41) is 5.67. The van der Waals surface area contributed by atoms with Crippen LogP contribution >= 0.6 is 0 Å². The fourth-order valence-corrected chi connectivity index (χ4v) is 2.82. The SMILES string of the molecule is N/C(=N\OC(=O)Nc1ccc(OC(F)(F)F)cc1)c1ccc(Cn2cc(C(F)(F)F)ccc2=O)cc1. The van der Waals surface area contributed by atoms with Gasteiger partial charge in [0.25, 0.3) is 5.56 Å². The summed E-state index contributed by atoms with van der Waals surface area (Å²) in [5.74, 6) is -0.702. The van der Waals surface area contributed by atoms with Gasteiger partial charge in [0.15, 0.2) is 5.84 Å². The molecule has 1 heterocycles. The molecule has 8 nitrogen and oxygen atoms in total. The molecule has 0 fully saturated rings. The molecule has 0 saturated carbocycles. The average molecular weight is 514 g/mol. The highest BCUT2D eigenvalue weighted by Crippen LogP contribution is 2.28. The molecule has 1 aromatic heterocycles. The molecule has 3 N–H and O–H groups in total. The van der Waals surface area contributed by atoms with E-state index in [1.165, 1.54) is 24.3 Å². The van der Waals surface area contributed by atoms with Crippen LogP contribution in [-0.2, 0) is 17.6 Å². The maximum atomic E-state index is 12.9. The van der Waals surface area contributed by atoms with Crippen LogP contribution in [0.5, 0.6) is 5.75 Å². The maximum absolute atomic E-state index is 12.9. The summed E-state index contributed by atoms with van der Waals surface area (Å²) in [7, 11) is 0. The van der Waals surface area contributed by atoms with Crippen LogP contribution in [-0.4, -0.2) is 22.9 Å². The number of hydrogen-bond donors (Lipinski definition) is 2. The van der Waals surface area contributed by atoms with Gasteiger partial charge in [0, 0.05) is 23.5 Å². The number of oxime groups is 1. The first-order valence-electron chi connectivity index (χ1n) is 9.84. The molecule has 0 aliphatic carbocycles. The lowest BCUT2D eigenvalue weighted by atomic mass is 10.1. The highest BCUT2D eigenvalue weighted by atomic mass is 19.4. The number of anilines is 1. The Balaban J connectivity index is 1.59. The number of alkyl halides is 6. The van der Waals surface area contributed by atoms with Crippen LogP contribution in [0.1, 0.15) is 16.7 Å². The molecular formula is C22H16F6N4O4. The number of nitrogens with one attached hydrogen (secondary N) is 1. The lowest BCUT2D eigenvalue weighted by molar-refractivity contribution is -0.274. The predicted octanol–water partition coefficient (Wildman–Crippen LogP) is 4.68. The molecule has 0 radical (unpaired) electrons. The number of amides is 1. The zero-order valence-electron chi connectivity index (χ0n) is 17.9. The van der Waals surface area contributed by atoms with Crippen LogP contribution in [0.2, 0.25) is 0 Å². The van der Waals surface area contributed by atoms with Crippen molar-refractivity contribution in [1.29, 1.82) is 0 Å². The van der Waals surface area contributed by atoms with Crippen molar-refractivity contribution in [2.75, 3.05) is 5.32 Å². The lowest BCUT2D eigenvalue weighted by Gasteiger charge is -2.11. The first kappa shape index (κ1) is 26.1. The standard InChI is InChI=1S/C22H16F6N4O4/c23-21(24,25)15-5-10-18(33)32(12-15)11-13-1-3-14(4-2-13)19(29)31-36-20(34)30-16-6-8-17(9-7-16)35-22(26,27)28/h1-10,12H,11H2,(H2,29,31)(H,30,34). The number of ether oxygens (including phenoxy) is 1. The molecule has 190 valence electrons. The molecule has 0 unspecified atom stereocenters. The molecule has 2 aromatic carbocycles. The van der Waals surface area contributed by atoms with E-state index in [1.807, 2.05) is 0 Å². The maximum Gasteiger partial charge on any atom is 0.573 e. The fraction of sp³-hybridized carbons (Fsp3) is 0.136. The minimum absolute atomic E-state index is 0.0949.